The van der Waals surface area contributed by atoms with Crippen molar-refractivity contribution in [1.29, 1.82) is 0 Å². The predicted molar refractivity (Wildman–Crippen MR) is 134 cm³/mol. The highest BCUT2D eigenvalue weighted by Crippen LogP contribution is 2.60. The van der Waals surface area contributed by atoms with E-state index in [1.165, 1.54) is 60.8 Å². The zero-order valence-electron chi connectivity index (χ0n) is 20.1. The van der Waals surface area contributed by atoms with Gasteiger partial charge in [-0.1, -0.05) is 25.0 Å². The van der Waals surface area contributed by atoms with E-state index in [4.69, 9.17) is 0 Å². The summed E-state index contributed by atoms with van der Waals surface area (Å²) in [6.45, 7) is 0. The molecule has 6 fully saturated rings. The van der Waals surface area contributed by atoms with Gasteiger partial charge in [0.05, 0.1) is 11.8 Å². The van der Waals surface area contributed by atoms with Crippen LogP contribution >= 0.6 is 11.8 Å². The number of rotatable bonds is 6. The van der Waals surface area contributed by atoms with Gasteiger partial charge in [0, 0.05) is 11.4 Å². The Morgan fingerprint density at radius 1 is 0.971 bits per heavy atom. The molecule has 4 bridgehead atoms. The minimum Gasteiger partial charge on any atom is -0.324 e. The Kier molecular flexibility index (Phi) is 5.78. The van der Waals surface area contributed by atoms with Crippen molar-refractivity contribution in [1.82, 2.24) is 4.90 Å². The summed E-state index contributed by atoms with van der Waals surface area (Å²) >= 11 is 1.50. The largest absolute Gasteiger partial charge is 0.324 e. The molecule has 0 unspecified atom stereocenters. The fraction of sp³-hybridized carbons (Fsp3) is 0.679. The summed E-state index contributed by atoms with van der Waals surface area (Å²) < 4.78 is 0. The van der Waals surface area contributed by atoms with Crippen molar-refractivity contribution in [2.75, 3.05) is 17.3 Å². The summed E-state index contributed by atoms with van der Waals surface area (Å²) in [5, 5.41) is 3.03. The van der Waals surface area contributed by atoms with E-state index in [9.17, 15) is 14.4 Å². The number of carbonyl (C=O) groups is 3. The number of hydrogen-bond donors (Lipinski definition) is 1. The second-order valence-electron chi connectivity index (χ2n) is 11.8. The third kappa shape index (κ3) is 3.71. The number of benzene rings is 1. The van der Waals surface area contributed by atoms with Crippen LogP contribution in [0.15, 0.2) is 24.3 Å². The van der Waals surface area contributed by atoms with E-state index >= 15 is 0 Å². The van der Waals surface area contributed by atoms with E-state index in [-0.39, 0.29) is 29.6 Å². The first-order valence-electron chi connectivity index (χ1n) is 13.2. The molecule has 1 saturated heterocycles. The molecule has 1 heterocycles. The van der Waals surface area contributed by atoms with Gasteiger partial charge in [0.1, 0.15) is 6.04 Å². The van der Waals surface area contributed by atoms with Gasteiger partial charge in [-0.2, -0.15) is 11.8 Å². The molecular weight excluding hydrogens is 444 g/mol. The Labute approximate surface area is 206 Å². The third-order valence-corrected chi connectivity index (χ3v) is 10.3. The molecule has 5 saturated carbocycles. The Morgan fingerprint density at radius 2 is 1.50 bits per heavy atom. The Morgan fingerprint density at radius 3 is 2.00 bits per heavy atom. The molecule has 5 nitrogen and oxygen atoms in total. The Hall–Kier alpha value is -1.82. The number of carbonyl (C=O) groups excluding carboxylic acids is 3. The molecule has 7 rings (SSSR count). The molecule has 0 aromatic heterocycles. The lowest BCUT2D eigenvalue weighted by Crippen LogP contribution is -2.49. The number of nitrogens with zero attached hydrogens (tertiary/aromatic N) is 1. The van der Waals surface area contributed by atoms with Crippen molar-refractivity contribution >= 4 is 35.2 Å². The quantitative estimate of drug-likeness (QED) is 0.582. The molecule has 0 radical (unpaired) electrons. The molecule has 3 amide bonds. The van der Waals surface area contributed by atoms with E-state index in [0.29, 0.717) is 11.2 Å². The average Bonchev–Trinajstić information content (AvgIpc) is 3.07. The van der Waals surface area contributed by atoms with Gasteiger partial charge in [-0.25, -0.2) is 0 Å². The minimum atomic E-state index is -0.747. The molecule has 182 valence electrons. The monoisotopic (exact) mass is 480 g/mol. The third-order valence-electron chi connectivity index (χ3n) is 9.62. The van der Waals surface area contributed by atoms with Gasteiger partial charge in [0.15, 0.2) is 0 Å². The predicted octanol–water partition coefficient (Wildman–Crippen LogP) is 5.00. The van der Waals surface area contributed by atoms with E-state index in [1.807, 2.05) is 18.4 Å². The van der Waals surface area contributed by atoms with E-state index in [0.717, 1.165) is 49.1 Å². The first-order valence-corrected chi connectivity index (χ1v) is 14.6. The summed E-state index contributed by atoms with van der Waals surface area (Å²) in [7, 11) is 0. The number of imide groups is 1. The number of hydrogen-bond acceptors (Lipinski definition) is 4. The van der Waals surface area contributed by atoms with Crippen LogP contribution in [0.4, 0.5) is 5.69 Å². The molecule has 34 heavy (non-hydrogen) atoms. The maximum Gasteiger partial charge on any atom is 0.248 e. The summed E-state index contributed by atoms with van der Waals surface area (Å²) in [5.74, 6) is 2.15. The Balaban J connectivity index is 1.18. The number of amides is 3. The van der Waals surface area contributed by atoms with Gasteiger partial charge in [0.2, 0.25) is 17.7 Å². The smallest absolute Gasteiger partial charge is 0.248 e. The minimum absolute atomic E-state index is 0.138. The number of nitrogens with one attached hydrogen (secondary N) is 1. The second-order valence-corrected chi connectivity index (χ2v) is 12.7. The molecule has 0 spiro atoms. The van der Waals surface area contributed by atoms with Crippen LogP contribution in [-0.4, -0.2) is 40.7 Å². The maximum atomic E-state index is 13.3. The maximum absolute atomic E-state index is 13.3. The highest BCUT2D eigenvalue weighted by Gasteiger charge is 2.53. The van der Waals surface area contributed by atoms with Crippen molar-refractivity contribution in [3.8, 4) is 0 Å². The number of anilines is 1. The Bertz CT molecular complexity index is 931. The summed E-state index contributed by atoms with van der Waals surface area (Å²) in [4.78, 5) is 40.8. The van der Waals surface area contributed by atoms with Crippen LogP contribution in [0.25, 0.3) is 0 Å². The number of likely N-dealkylation sites (tertiary alicyclic amines) is 1. The summed E-state index contributed by atoms with van der Waals surface area (Å²) in [5.41, 5.74) is 2.52. The normalized spacial score (nSPS) is 37.1. The van der Waals surface area contributed by atoms with Crippen molar-refractivity contribution in [3.05, 3.63) is 29.8 Å². The van der Waals surface area contributed by atoms with Crippen LogP contribution in [0, 0.1) is 29.6 Å². The van der Waals surface area contributed by atoms with E-state index in [1.54, 1.807) is 0 Å². The first kappa shape index (κ1) is 22.6. The van der Waals surface area contributed by atoms with Crippen LogP contribution in [0.3, 0.4) is 0 Å². The van der Waals surface area contributed by atoms with Crippen LogP contribution in [0.2, 0.25) is 0 Å². The molecule has 1 aliphatic heterocycles. The molecule has 5 aliphatic carbocycles. The highest BCUT2D eigenvalue weighted by molar-refractivity contribution is 7.98. The molecule has 3 atom stereocenters. The van der Waals surface area contributed by atoms with Gasteiger partial charge in [-0.05, 0) is 98.5 Å². The van der Waals surface area contributed by atoms with Crippen LogP contribution in [-0.2, 0) is 19.8 Å². The second kappa shape index (κ2) is 8.69. The molecule has 6 heteroatoms. The van der Waals surface area contributed by atoms with E-state index < -0.39 is 6.04 Å². The number of thioether (sulfide) groups is 1. The standard InChI is InChI=1S/C28H36N2O3S/c1-34-16-24(30-26(32)22-4-2-3-5-23(22)27(30)33)25(31)29-21-8-6-20(7-9-21)28-13-17-10-18(14-28)12-19(11-17)15-28/h6-9,17-19,22-24H,2-5,10-16H2,1H3,(H,29,31)/t17?,18?,19?,22-,23-,24-,28?/m1/s1. The van der Waals surface area contributed by atoms with Gasteiger partial charge < -0.3 is 5.32 Å². The van der Waals surface area contributed by atoms with Crippen molar-refractivity contribution < 1.29 is 14.4 Å². The molecule has 1 aromatic carbocycles. The van der Waals surface area contributed by atoms with Crippen molar-refractivity contribution in [2.24, 2.45) is 29.6 Å². The highest BCUT2D eigenvalue weighted by atomic mass is 32.2. The van der Waals surface area contributed by atoms with Crippen LogP contribution < -0.4 is 5.32 Å². The van der Waals surface area contributed by atoms with Gasteiger partial charge >= 0.3 is 0 Å². The molecular formula is C28H36N2O3S. The lowest BCUT2D eigenvalue weighted by molar-refractivity contribution is -0.145. The topological polar surface area (TPSA) is 66.5 Å². The van der Waals surface area contributed by atoms with Crippen LogP contribution in [0.5, 0.6) is 0 Å². The zero-order valence-corrected chi connectivity index (χ0v) is 20.9. The van der Waals surface area contributed by atoms with Crippen molar-refractivity contribution in [3.63, 3.8) is 0 Å². The fourth-order valence-corrected chi connectivity index (χ4v) is 9.13. The number of fused-ring (bicyclic) bond motifs is 1. The summed E-state index contributed by atoms with van der Waals surface area (Å²) in [6.07, 6.45) is 13.7. The van der Waals surface area contributed by atoms with E-state index in [2.05, 4.69) is 17.4 Å². The molecule has 6 aliphatic rings. The van der Waals surface area contributed by atoms with Crippen LogP contribution in [0.1, 0.15) is 69.8 Å². The molecule has 1 N–H and O–H groups in total. The SMILES string of the molecule is CSC[C@H](C(=O)Nc1ccc(C23CC4CC(CC(C4)C2)C3)cc1)N1C(=O)[C@@H]2CCCC[C@H]2C1=O. The summed E-state index contributed by atoms with van der Waals surface area (Å²) in [6, 6.07) is 7.73. The van der Waals surface area contributed by atoms with Gasteiger partial charge in [0.25, 0.3) is 0 Å². The van der Waals surface area contributed by atoms with Gasteiger partial charge in [-0.15, -0.1) is 0 Å². The lowest BCUT2D eigenvalue weighted by Gasteiger charge is -2.57. The van der Waals surface area contributed by atoms with Crippen molar-refractivity contribution in [2.45, 2.75) is 75.7 Å². The average molecular weight is 481 g/mol. The zero-order chi connectivity index (χ0) is 23.4. The first-order chi connectivity index (χ1) is 16.5. The lowest BCUT2D eigenvalue weighted by atomic mass is 9.48. The molecule has 1 aromatic rings. The fourth-order valence-electron chi connectivity index (χ4n) is 8.52. The van der Waals surface area contributed by atoms with Gasteiger partial charge in [-0.3, -0.25) is 19.3 Å².